The van der Waals surface area contributed by atoms with Gasteiger partial charge in [0.1, 0.15) is 11.5 Å². The maximum Gasteiger partial charge on any atom is 0.116 e. The molecule has 2 N–H and O–H groups in total. The molecule has 0 aromatic heterocycles. The number of aromatic hydroxyl groups is 2. The Balaban J connectivity index is 2.57. The van der Waals surface area contributed by atoms with Gasteiger partial charge in [-0.15, -0.1) is 0 Å². The van der Waals surface area contributed by atoms with E-state index in [2.05, 4.69) is 33.8 Å². The Kier molecular flexibility index (Phi) is 4.80. The molecule has 0 radical (unpaired) electrons. The summed E-state index contributed by atoms with van der Waals surface area (Å²) >= 11 is 0. The van der Waals surface area contributed by atoms with E-state index in [0.29, 0.717) is 11.7 Å². The van der Waals surface area contributed by atoms with Crippen molar-refractivity contribution < 1.29 is 10.2 Å². The average Bonchev–Trinajstić information content (AvgIpc) is 2.52. The Hall–Kier alpha value is -1.96. The average molecular weight is 298 g/mol. The molecule has 2 nitrogen and oxygen atoms in total. The van der Waals surface area contributed by atoms with Gasteiger partial charge in [0.25, 0.3) is 0 Å². The van der Waals surface area contributed by atoms with Crippen molar-refractivity contribution in [1.82, 2.24) is 0 Å². The normalized spacial score (nSPS) is 15.3. The summed E-state index contributed by atoms with van der Waals surface area (Å²) in [6.45, 7) is 8.63. The first-order valence-electron chi connectivity index (χ1n) is 8.04. The van der Waals surface area contributed by atoms with Crippen LogP contribution in [0.1, 0.15) is 63.1 Å². The topological polar surface area (TPSA) is 40.5 Å². The summed E-state index contributed by atoms with van der Waals surface area (Å²) in [5.41, 5.74) is 3.09. The van der Waals surface area contributed by atoms with Crippen molar-refractivity contribution in [3.8, 4) is 11.5 Å². The van der Waals surface area contributed by atoms with Crippen LogP contribution in [0, 0.1) is 0 Å². The monoisotopic (exact) mass is 298 g/mol. The molecule has 0 fully saturated rings. The Morgan fingerprint density at radius 2 is 1.64 bits per heavy atom. The van der Waals surface area contributed by atoms with Crippen LogP contribution in [0.3, 0.4) is 0 Å². The molecule has 2 heteroatoms. The minimum Gasteiger partial charge on any atom is -0.508 e. The fourth-order valence-electron chi connectivity index (χ4n) is 2.90. The van der Waals surface area contributed by atoms with Crippen LogP contribution >= 0.6 is 0 Å². The van der Waals surface area contributed by atoms with Gasteiger partial charge in [0, 0.05) is 5.41 Å². The van der Waals surface area contributed by atoms with Gasteiger partial charge in [0.05, 0.1) is 0 Å². The highest BCUT2D eigenvalue weighted by molar-refractivity contribution is 5.46. The van der Waals surface area contributed by atoms with Crippen LogP contribution in [0.2, 0.25) is 0 Å². The van der Waals surface area contributed by atoms with Crippen molar-refractivity contribution >= 4 is 0 Å². The highest BCUT2D eigenvalue weighted by atomic mass is 16.3. The van der Waals surface area contributed by atoms with Gasteiger partial charge in [-0.05, 0) is 59.7 Å². The molecule has 2 aromatic carbocycles. The molecule has 22 heavy (non-hydrogen) atoms. The van der Waals surface area contributed by atoms with Crippen molar-refractivity contribution in [2.75, 3.05) is 0 Å². The van der Waals surface area contributed by atoms with Crippen LogP contribution < -0.4 is 0 Å². The predicted molar refractivity (Wildman–Crippen MR) is 91.7 cm³/mol. The Labute approximate surface area is 133 Å². The van der Waals surface area contributed by atoms with Gasteiger partial charge >= 0.3 is 0 Å². The molecular weight excluding hydrogens is 272 g/mol. The highest BCUT2D eigenvalue weighted by Crippen LogP contribution is 2.39. The fourth-order valence-corrected chi connectivity index (χ4v) is 2.90. The molecule has 0 saturated carbocycles. The van der Waals surface area contributed by atoms with E-state index in [9.17, 15) is 10.2 Å². The first kappa shape index (κ1) is 16.4. The number of rotatable bonds is 5. The van der Waals surface area contributed by atoms with Crippen LogP contribution in [0.25, 0.3) is 0 Å². The summed E-state index contributed by atoms with van der Waals surface area (Å²) in [7, 11) is 0. The smallest absolute Gasteiger partial charge is 0.116 e. The molecule has 2 atom stereocenters. The number of hydrogen-bond donors (Lipinski definition) is 2. The zero-order chi connectivity index (χ0) is 16.3. The van der Waals surface area contributed by atoms with Crippen LogP contribution in [0.4, 0.5) is 0 Å². The van der Waals surface area contributed by atoms with E-state index in [-0.39, 0.29) is 11.2 Å². The highest BCUT2D eigenvalue weighted by Gasteiger charge is 2.28. The maximum absolute atomic E-state index is 10.1. The van der Waals surface area contributed by atoms with Crippen LogP contribution in [0.5, 0.6) is 11.5 Å². The van der Waals surface area contributed by atoms with Crippen molar-refractivity contribution in [1.29, 1.82) is 0 Å². The summed E-state index contributed by atoms with van der Waals surface area (Å²) < 4.78 is 0. The minimum absolute atomic E-state index is 0.236. The van der Waals surface area contributed by atoms with E-state index in [0.717, 1.165) is 29.5 Å². The molecule has 2 rings (SSSR count). The molecule has 0 aliphatic rings. The number of benzene rings is 2. The van der Waals surface area contributed by atoms with Crippen molar-refractivity contribution in [2.24, 2.45) is 0 Å². The SMILES string of the molecule is CCC(C)c1cc(O)cc(C(C)(CC)c2cccc(O)c2)c1. The summed E-state index contributed by atoms with van der Waals surface area (Å²) in [6, 6.07) is 13.3. The van der Waals surface area contributed by atoms with Gasteiger partial charge in [0.2, 0.25) is 0 Å². The fraction of sp³-hybridized carbons (Fsp3) is 0.400. The van der Waals surface area contributed by atoms with Gasteiger partial charge in [0.15, 0.2) is 0 Å². The molecule has 0 spiro atoms. The number of hydrogen-bond acceptors (Lipinski definition) is 2. The lowest BCUT2D eigenvalue weighted by Gasteiger charge is -2.31. The van der Waals surface area contributed by atoms with Crippen LogP contribution in [0.15, 0.2) is 42.5 Å². The third-order valence-electron chi connectivity index (χ3n) is 4.95. The largest absolute Gasteiger partial charge is 0.508 e. The van der Waals surface area contributed by atoms with Gasteiger partial charge in [-0.1, -0.05) is 45.9 Å². The first-order valence-corrected chi connectivity index (χ1v) is 8.04. The van der Waals surface area contributed by atoms with Crippen LogP contribution in [-0.2, 0) is 5.41 Å². The van der Waals surface area contributed by atoms with E-state index in [4.69, 9.17) is 0 Å². The maximum atomic E-state index is 10.1. The lowest BCUT2D eigenvalue weighted by atomic mass is 9.73. The zero-order valence-electron chi connectivity index (χ0n) is 13.9. The summed E-state index contributed by atoms with van der Waals surface area (Å²) in [5, 5.41) is 20.0. The van der Waals surface area contributed by atoms with Gasteiger partial charge in [-0.25, -0.2) is 0 Å². The quantitative estimate of drug-likeness (QED) is 0.783. The van der Waals surface area contributed by atoms with E-state index >= 15 is 0 Å². The number of phenols is 2. The van der Waals surface area contributed by atoms with E-state index in [1.54, 1.807) is 6.07 Å². The molecule has 0 amide bonds. The number of phenolic OH excluding ortho intramolecular Hbond substituents is 2. The molecule has 2 aromatic rings. The second-order valence-electron chi connectivity index (χ2n) is 6.36. The molecule has 0 saturated heterocycles. The summed E-state index contributed by atoms with van der Waals surface area (Å²) in [6.07, 6.45) is 1.93. The predicted octanol–water partition coefficient (Wildman–Crippen LogP) is 5.33. The zero-order valence-corrected chi connectivity index (χ0v) is 13.9. The molecule has 0 aliphatic heterocycles. The van der Waals surface area contributed by atoms with Gasteiger partial charge < -0.3 is 10.2 Å². The Bertz CT molecular complexity index is 648. The van der Waals surface area contributed by atoms with Crippen molar-refractivity contribution in [3.05, 3.63) is 59.2 Å². The third kappa shape index (κ3) is 3.11. The van der Waals surface area contributed by atoms with E-state index < -0.39 is 0 Å². The second-order valence-corrected chi connectivity index (χ2v) is 6.36. The second kappa shape index (κ2) is 6.43. The Morgan fingerprint density at radius 3 is 2.23 bits per heavy atom. The molecule has 0 heterocycles. The molecule has 118 valence electrons. The van der Waals surface area contributed by atoms with Crippen LogP contribution in [-0.4, -0.2) is 10.2 Å². The van der Waals surface area contributed by atoms with Gasteiger partial charge in [-0.3, -0.25) is 0 Å². The molecule has 0 aliphatic carbocycles. The molecule has 2 unspecified atom stereocenters. The van der Waals surface area contributed by atoms with E-state index in [1.807, 2.05) is 30.3 Å². The minimum atomic E-state index is -0.236. The lowest BCUT2D eigenvalue weighted by Crippen LogP contribution is -2.22. The summed E-state index contributed by atoms with van der Waals surface area (Å²) in [4.78, 5) is 0. The molecular formula is C20H26O2. The standard InChI is InChI=1S/C20H26O2/c1-5-14(3)15-10-17(13-19(22)11-15)20(4,6-2)16-8-7-9-18(21)12-16/h7-14,21-22H,5-6H2,1-4H3. The summed E-state index contributed by atoms with van der Waals surface area (Å²) in [5.74, 6) is 1.00. The van der Waals surface area contributed by atoms with Gasteiger partial charge in [-0.2, -0.15) is 0 Å². The van der Waals surface area contributed by atoms with E-state index in [1.165, 1.54) is 0 Å². The molecule has 0 bridgehead atoms. The third-order valence-corrected chi connectivity index (χ3v) is 4.95. The lowest BCUT2D eigenvalue weighted by molar-refractivity contribution is 0.464. The first-order chi connectivity index (χ1) is 10.4. The van der Waals surface area contributed by atoms with Crippen molar-refractivity contribution in [3.63, 3.8) is 0 Å². The Morgan fingerprint density at radius 1 is 0.955 bits per heavy atom. The van der Waals surface area contributed by atoms with Crippen molar-refractivity contribution in [2.45, 2.75) is 51.9 Å².